The normalized spacial score (nSPS) is 15.3. The Labute approximate surface area is 244 Å². The third kappa shape index (κ3) is 3.92. The average Bonchev–Trinajstić information content (AvgIpc) is 3.41. The molecule has 0 spiro atoms. The van der Waals surface area contributed by atoms with E-state index < -0.39 is 0 Å². The van der Waals surface area contributed by atoms with Crippen LogP contribution in [0.3, 0.4) is 0 Å². The molecule has 0 bridgehead atoms. The van der Waals surface area contributed by atoms with Gasteiger partial charge < -0.3 is 9.47 Å². The van der Waals surface area contributed by atoms with Crippen molar-refractivity contribution in [1.29, 1.82) is 0 Å². The van der Waals surface area contributed by atoms with E-state index in [2.05, 4.69) is 138 Å². The van der Waals surface area contributed by atoms with E-state index in [-0.39, 0.29) is 6.17 Å². The molecule has 8 rings (SSSR count). The molecule has 200 valence electrons. The van der Waals surface area contributed by atoms with Crippen molar-refractivity contribution in [1.82, 2.24) is 9.47 Å². The summed E-state index contributed by atoms with van der Waals surface area (Å²) < 4.78 is 2.38. The van der Waals surface area contributed by atoms with Crippen LogP contribution in [-0.4, -0.2) is 28.2 Å². The van der Waals surface area contributed by atoms with Crippen LogP contribution in [-0.2, 0) is 0 Å². The summed E-state index contributed by atoms with van der Waals surface area (Å²) in [5.74, 6) is 1.64. The molecule has 0 amide bonds. The molecular formula is C38H28N4. The zero-order chi connectivity index (χ0) is 28.0. The lowest BCUT2D eigenvalue weighted by molar-refractivity contribution is 0.383. The van der Waals surface area contributed by atoms with Crippen molar-refractivity contribution >= 4 is 44.2 Å². The Bertz CT molecular complexity index is 2160. The summed E-state index contributed by atoms with van der Waals surface area (Å²) in [5.41, 5.74) is 6.67. The minimum Gasteiger partial charge on any atom is -0.333 e. The van der Waals surface area contributed by atoms with Gasteiger partial charge in [0.25, 0.3) is 0 Å². The molecule has 1 aliphatic rings. The van der Waals surface area contributed by atoms with Crippen LogP contribution in [0.5, 0.6) is 0 Å². The monoisotopic (exact) mass is 540 g/mol. The third-order valence-electron chi connectivity index (χ3n) is 8.21. The van der Waals surface area contributed by atoms with E-state index in [0.29, 0.717) is 0 Å². The minimum absolute atomic E-state index is 0.183. The van der Waals surface area contributed by atoms with Gasteiger partial charge in [-0.2, -0.15) is 0 Å². The van der Waals surface area contributed by atoms with Crippen LogP contribution < -0.4 is 0 Å². The summed E-state index contributed by atoms with van der Waals surface area (Å²) >= 11 is 0. The second-order valence-electron chi connectivity index (χ2n) is 10.7. The predicted molar refractivity (Wildman–Crippen MR) is 175 cm³/mol. The number of hydrogen-bond acceptors (Lipinski definition) is 3. The molecule has 4 heteroatoms. The number of aromatic nitrogens is 1. The molecule has 0 saturated carbocycles. The average molecular weight is 541 g/mol. The summed E-state index contributed by atoms with van der Waals surface area (Å²) in [6.45, 7) is 0. The molecule has 0 saturated heterocycles. The van der Waals surface area contributed by atoms with Gasteiger partial charge in [0.05, 0.1) is 11.0 Å². The maximum Gasteiger partial charge on any atom is 0.159 e. The highest BCUT2D eigenvalue weighted by Gasteiger charge is 2.27. The Kier molecular flexibility index (Phi) is 5.71. The highest BCUT2D eigenvalue weighted by Crippen LogP contribution is 2.37. The molecule has 4 nitrogen and oxygen atoms in total. The number of aliphatic imine (C=N–C) groups is 2. The summed E-state index contributed by atoms with van der Waals surface area (Å²) in [6.07, 6.45) is -0.183. The van der Waals surface area contributed by atoms with Crippen molar-refractivity contribution in [2.45, 2.75) is 6.17 Å². The van der Waals surface area contributed by atoms with Gasteiger partial charge >= 0.3 is 0 Å². The first-order valence-electron chi connectivity index (χ1n) is 14.3. The second-order valence-corrected chi connectivity index (χ2v) is 10.7. The number of hydrogen-bond donors (Lipinski definition) is 0. The number of benzene rings is 6. The summed E-state index contributed by atoms with van der Waals surface area (Å²) in [4.78, 5) is 12.4. The first-order valence-corrected chi connectivity index (χ1v) is 14.3. The van der Waals surface area contributed by atoms with Crippen LogP contribution in [0.4, 0.5) is 0 Å². The Morgan fingerprint density at radius 2 is 1.26 bits per heavy atom. The Balaban J connectivity index is 1.32. The van der Waals surface area contributed by atoms with Crippen molar-refractivity contribution in [2.24, 2.45) is 9.98 Å². The van der Waals surface area contributed by atoms with Crippen molar-refractivity contribution in [2.75, 3.05) is 7.05 Å². The van der Waals surface area contributed by atoms with E-state index >= 15 is 0 Å². The minimum atomic E-state index is -0.183. The largest absolute Gasteiger partial charge is 0.333 e. The molecule has 0 N–H and O–H groups in total. The Hall–Kier alpha value is -5.48. The van der Waals surface area contributed by atoms with Crippen molar-refractivity contribution in [3.8, 4) is 5.69 Å². The summed E-state index contributed by atoms with van der Waals surface area (Å²) in [5, 5.41) is 5.06. The molecule has 0 radical (unpaired) electrons. The van der Waals surface area contributed by atoms with E-state index in [1.807, 2.05) is 24.3 Å². The molecule has 7 aromatic rings. The van der Waals surface area contributed by atoms with E-state index in [1.54, 1.807) is 0 Å². The summed E-state index contributed by atoms with van der Waals surface area (Å²) in [6, 6.07) is 51.2. The van der Waals surface area contributed by atoms with Crippen LogP contribution in [0, 0.1) is 0 Å². The molecule has 0 aliphatic carbocycles. The maximum absolute atomic E-state index is 5.15. The Morgan fingerprint density at radius 3 is 2.10 bits per heavy atom. The number of rotatable bonds is 4. The van der Waals surface area contributed by atoms with Gasteiger partial charge in [0, 0.05) is 34.6 Å². The van der Waals surface area contributed by atoms with Gasteiger partial charge in [0.15, 0.2) is 5.84 Å². The fraction of sp³-hybridized carbons (Fsp3) is 0.0526. The standard InChI is InChI=1S/C38H28N4/c1-41-37(28-16-6-3-7-17-28)39-36(27-14-4-2-5-15-27)40-38(41)29-18-12-19-30(25-29)42-33-22-11-10-21-32(33)35-31-20-9-8-13-26(31)23-24-34(35)42/h2-25,37H,1H3. The van der Waals surface area contributed by atoms with Crippen LogP contribution in [0.15, 0.2) is 156 Å². The fourth-order valence-corrected chi connectivity index (χ4v) is 6.25. The number of para-hydroxylation sites is 1. The fourth-order valence-electron chi connectivity index (χ4n) is 6.25. The van der Waals surface area contributed by atoms with Gasteiger partial charge in [-0.05, 0) is 40.6 Å². The van der Waals surface area contributed by atoms with Crippen LogP contribution in [0.2, 0.25) is 0 Å². The lowest BCUT2D eigenvalue weighted by Crippen LogP contribution is -2.35. The number of amidine groups is 2. The van der Waals surface area contributed by atoms with Crippen molar-refractivity contribution in [3.05, 3.63) is 162 Å². The van der Waals surface area contributed by atoms with Crippen molar-refractivity contribution < 1.29 is 0 Å². The molecular weight excluding hydrogens is 512 g/mol. The molecule has 1 unspecified atom stereocenters. The van der Waals surface area contributed by atoms with Gasteiger partial charge in [-0.15, -0.1) is 0 Å². The molecule has 1 aromatic heterocycles. The zero-order valence-corrected chi connectivity index (χ0v) is 23.2. The molecule has 1 aliphatic heterocycles. The first kappa shape index (κ1) is 24.3. The smallest absolute Gasteiger partial charge is 0.159 e. The molecule has 42 heavy (non-hydrogen) atoms. The zero-order valence-electron chi connectivity index (χ0n) is 23.2. The van der Waals surface area contributed by atoms with E-state index in [1.165, 1.54) is 32.6 Å². The molecule has 2 heterocycles. The van der Waals surface area contributed by atoms with Gasteiger partial charge in [0.1, 0.15) is 12.0 Å². The molecule has 0 fully saturated rings. The molecule has 1 atom stereocenters. The van der Waals surface area contributed by atoms with Gasteiger partial charge in [-0.1, -0.05) is 121 Å². The van der Waals surface area contributed by atoms with Crippen LogP contribution in [0.25, 0.3) is 38.3 Å². The Morgan fingerprint density at radius 1 is 0.571 bits per heavy atom. The third-order valence-corrected chi connectivity index (χ3v) is 8.21. The maximum atomic E-state index is 5.15. The lowest BCUT2D eigenvalue weighted by Gasteiger charge is -2.32. The lowest BCUT2D eigenvalue weighted by atomic mass is 10.0. The highest BCUT2D eigenvalue weighted by molar-refractivity contribution is 6.21. The van der Waals surface area contributed by atoms with Gasteiger partial charge in [-0.3, -0.25) is 0 Å². The SMILES string of the molecule is CN1C(c2cccc(-n3c4ccccc4c4c5ccccc5ccc43)c2)=NC(c2ccccc2)=NC1c1ccccc1. The highest BCUT2D eigenvalue weighted by atomic mass is 15.3. The van der Waals surface area contributed by atoms with Gasteiger partial charge in [-0.25, -0.2) is 9.98 Å². The number of fused-ring (bicyclic) bond motifs is 5. The predicted octanol–water partition coefficient (Wildman–Crippen LogP) is 8.77. The number of nitrogens with zero attached hydrogens (tertiary/aromatic N) is 4. The van der Waals surface area contributed by atoms with Gasteiger partial charge in [0.2, 0.25) is 0 Å². The van der Waals surface area contributed by atoms with E-state index in [4.69, 9.17) is 9.98 Å². The molecule has 6 aromatic carbocycles. The summed E-state index contributed by atoms with van der Waals surface area (Å²) in [7, 11) is 2.08. The van der Waals surface area contributed by atoms with Crippen LogP contribution >= 0.6 is 0 Å². The first-order chi connectivity index (χ1) is 20.8. The topological polar surface area (TPSA) is 32.9 Å². The van der Waals surface area contributed by atoms with E-state index in [0.717, 1.165) is 34.0 Å². The van der Waals surface area contributed by atoms with E-state index in [9.17, 15) is 0 Å². The second kappa shape index (κ2) is 9.86. The quantitative estimate of drug-likeness (QED) is 0.220. The van der Waals surface area contributed by atoms with Crippen molar-refractivity contribution in [3.63, 3.8) is 0 Å². The van der Waals surface area contributed by atoms with Crippen LogP contribution in [0.1, 0.15) is 22.9 Å².